The van der Waals surface area contributed by atoms with Gasteiger partial charge in [-0.1, -0.05) is 12.5 Å². The van der Waals surface area contributed by atoms with Crippen LogP contribution in [0.25, 0.3) is 11.5 Å². The lowest BCUT2D eigenvalue weighted by Gasteiger charge is -2.63. The molecule has 2 aliphatic carbocycles. The summed E-state index contributed by atoms with van der Waals surface area (Å²) in [6.07, 6.45) is 9.56. The van der Waals surface area contributed by atoms with Gasteiger partial charge in [0.25, 0.3) is 5.91 Å². The van der Waals surface area contributed by atoms with Crippen molar-refractivity contribution in [3.63, 3.8) is 0 Å². The third kappa shape index (κ3) is 2.70. The molecule has 2 aromatic rings. The zero-order chi connectivity index (χ0) is 17.4. The number of nitrogens with zero attached hydrogens (tertiary/aromatic N) is 4. The molecule has 0 radical (unpaired) electrons. The fourth-order valence-corrected chi connectivity index (χ4v) is 4.27. The second-order valence-corrected chi connectivity index (χ2v) is 7.34. The van der Waals surface area contributed by atoms with E-state index in [4.69, 9.17) is 0 Å². The summed E-state index contributed by atoms with van der Waals surface area (Å²) in [5.74, 6) is 0.449. The predicted molar refractivity (Wildman–Crippen MR) is 94.9 cm³/mol. The molecule has 2 atom stereocenters. The first-order valence-corrected chi connectivity index (χ1v) is 8.81. The molecule has 1 spiro atoms. The minimum absolute atomic E-state index is 0.0824. The van der Waals surface area contributed by atoms with E-state index in [9.17, 15) is 4.79 Å². The molecule has 0 aliphatic heterocycles. The van der Waals surface area contributed by atoms with Crippen molar-refractivity contribution in [3.8, 4) is 11.5 Å². The van der Waals surface area contributed by atoms with Crippen LogP contribution in [-0.2, 0) is 0 Å². The van der Waals surface area contributed by atoms with Crippen LogP contribution in [0.3, 0.4) is 0 Å². The lowest BCUT2D eigenvalue weighted by atomic mass is 9.49. The molecule has 1 amide bonds. The molecule has 1 N–H and O–H groups in total. The summed E-state index contributed by atoms with van der Waals surface area (Å²) in [4.78, 5) is 27.7. The van der Waals surface area contributed by atoms with Gasteiger partial charge in [0.2, 0.25) is 0 Å². The molecular formula is C19H23N5O. The first-order valence-electron chi connectivity index (χ1n) is 8.81. The Kier molecular flexibility index (Phi) is 4.00. The first kappa shape index (κ1) is 16.1. The zero-order valence-corrected chi connectivity index (χ0v) is 14.6. The van der Waals surface area contributed by atoms with Crippen LogP contribution in [0.5, 0.6) is 0 Å². The van der Waals surface area contributed by atoms with E-state index >= 15 is 0 Å². The van der Waals surface area contributed by atoms with Gasteiger partial charge in [0.05, 0.1) is 5.56 Å². The largest absolute Gasteiger partial charge is 0.349 e. The van der Waals surface area contributed by atoms with Crippen molar-refractivity contribution in [2.75, 3.05) is 14.1 Å². The molecule has 2 heterocycles. The highest BCUT2D eigenvalue weighted by atomic mass is 16.1. The minimum atomic E-state index is -0.0824. The Morgan fingerprint density at radius 2 is 1.96 bits per heavy atom. The van der Waals surface area contributed by atoms with E-state index in [1.807, 2.05) is 18.2 Å². The van der Waals surface area contributed by atoms with Crippen molar-refractivity contribution < 1.29 is 4.79 Å². The summed E-state index contributed by atoms with van der Waals surface area (Å²) in [7, 11) is 4.26. The Bertz CT molecular complexity index is 755. The van der Waals surface area contributed by atoms with Crippen LogP contribution in [0.15, 0.2) is 36.8 Å². The highest BCUT2D eigenvalue weighted by molar-refractivity contribution is 5.94. The third-order valence-corrected chi connectivity index (χ3v) is 5.84. The molecule has 2 unspecified atom stereocenters. The van der Waals surface area contributed by atoms with E-state index in [1.165, 1.54) is 19.3 Å². The van der Waals surface area contributed by atoms with Gasteiger partial charge in [0.15, 0.2) is 5.82 Å². The summed E-state index contributed by atoms with van der Waals surface area (Å²) in [6, 6.07) is 6.43. The van der Waals surface area contributed by atoms with Gasteiger partial charge in [0, 0.05) is 36.1 Å². The number of pyridine rings is 1. The second-order valence-electron chi connectivity index (χ2n) is 7.34. The van der Waals surface area contributed by atoms with E-state index < -0.39 is 0 Å². The number of carbonyl (C=O) groups is 1. The molecule has 2 aromatic heterocycles. The van der Waals surface area contributed by atoms with Gasteiger partial charge in [-0.2, -0.15) is 0 Å². The second kappa shape index (κ2) is 6.19. The number of hydrogen-bond donors (Lipinski definition) is 1. The fraction of sp³-hybridized carbons (Fsp3) is 0.474. The molecule has 25 heavy (non-hydrogen) atoms. The molecular weight excluding hydrogens is 314 g/mol. The van der Waals surface area contributed by atoms with Gasteiger partial charge in [-0.05, 0) is 45.5 Å². The number of nitrogens with one attached hydrogen (secondary N) is 1. The van der Waals surface area contributed by atoms with Crippen LogP contribution in [0, 0.1) is 5.41 Å². The van der Waals surface area contributed by atoms with E-state index in [2.05, 4.69) is 39.3 Å². The molecule has 0 saturated heterocycles. The van der Waals surface area contributed by atoms with Gasteiger partial charge in [-0.25, -0.2) is 9.97 Å². The molecule has 0 bridgehead atoms. The standard InChI is InChI=1S/C19H23N5O/c1-24(2)16-10-15(19(16)7-5-8-19)23-18(25)13-11-21-17(22-12-13)14-6-3-4-9-20-14/h3-4,6,9,11-12,15-16H,5,7-8,10H2,1-2H3,(H,23,25). The lowest BCUT2D eigenvalue weighted by molar-refractivity contribution is -0.0963. The zero-order valence-electron chi connectivity index (χ0n) is 14.6. The fourth-order valence-electron chi connectivity index (χ4n) is 4.27. The molecule has 4 rings (SSSR count). The summed E-state index contributed by atoms with van der Waals surface area (Å²) >= 11 is 0. The number of carbonyl (C=O) groups excluding carboxylic acids is 1. The van der Waals surface area contributed by atoms with Crippen LogP contribution < -0.4 is 5.32 Å². The highest BCUT2D eigenvalue weighted by Crippen LogP contribution is 2.57. The molecule has 6 nitrogen and oxygen atoms in total. The Hall–Kier alpha value is -2.34. The molecule has 2 saturated carbocycles. The monoisotopic (exact) mass is 337 g/mol. The van der Waals surface area contributed by atoms with E-state index in [-0.39, 0.29) is 17.4 Å². The Labute approximate surface area is 147 Å². The maximum absolute atomic E-state index is 12.6. The average molecular weight is 337 g/mol. The Morgan fingerprint density at radius 3 is 2.52 bits per heavy atom. The number of hydrogen-bond acceptors (Lipinski definition) is 5. The maximum Gasteiger partial charge on any atom is 0.254 e. The Morgan fingerprint density at radius 1 is 1.20 bits per heavy atom. The normalized spacial score (nSPS) is 23.8. The van der Waals surface area contributed by atoms with Gasteiger partial charge >= 0.3 is 0 Å². The topological polar surface area (TPSA) is 71.0 Å². The van der Waals surface area contributed by atoms with Crippen LogP contribution in [0.4, 0.5) is 0 Å². The van der Waals surface area contributed by atoms with Crippen molar-refractivity contribution in [1.29, 1.82) is 0 Å². The molecule has 2 aliphatic rings. The van der Waals surface area contributed by atoms with Crippen molar-refractivity contribution in [2.24, 2.45) is 5.41 Å². The van der Waals surface area contributed by atoms with Gasteiger partial charge < -0.3 is 10.2 Å². The molecule has 2 fully saturated rings. The van der Waals surface area contributed by atoms with E-state index in [1.54, 1.807) is 18.6 Å². The summed E-state index contributed by atoms with van der Waals surface area (Å²) < 4.78 is 0. The van der Waals surface area contributed by atoms with Gasteiger partial charge in [-0.3, -0.25) is 9.78 Å². The van der Waals surface area contributed by atoms with Crippen molar-refractivity contribution in [2.45, 2.75) is 37.8 Å². The first-order chi connectivity index (χ1) is 12.1. The summed E-state index contributed by atoms with van der Waals surface area (Å²) in [5, 5.41) is 3.21. The predicted octanol–water partition coefficient (Wildman–Crippen LogP) is 2.14. The smallest absolute Gasteiger partial charge is 0.254 e. The number of amides is 1. The van der Waals surface area contributed by atoms with Crippen LogP contribution in [0.1, 0.15) is 36.0 Å². The summed E-state index contributed by atoms with van der Waals surface area (Å²) in [6.45, 7) is 0. The summed E-state index contributed by atoms with van der Waals surface area (Å²) in [5.41, 5.74) is 1.48. The van der Waals surface area contributed by atoms with Crippen LogP contribution >= 0.6 is 0 Å². The van der Waals surface area contributed by atoms with Crippen LogP contribution in [-0.4, -0.2) is 51.9 Å². The number of aromatic nitrogens is 3. The quantitative estimate of drug-likeness (QED) is 0.925. The number of rotatable bonds is 4. The highest BCUT2D eigenvalue weighted by Gasteiger charge is 2.59. The molecule has 0 aromatic carbocycles. The van der Waals surface area contributed by atoms with Crippen LogP contribution in [0.2, 0.25) is 0 Å². The van der Waals surface area contributed by atoms with Crippen molar-refractivity contribution in [1.82, 2.24) is 25.2 Å². The molecule has 6 heteroatoms. The van der Waals surface area contributed by atoms with E-state index in [0.717, 1.165) is 6.42 Å². The minimum Gasteiger partial charge on any atom is -0.349 e. The molecule has 130 valence electrons. The van der Waals surface area contributed by atoms with Gasteiger partial charge in [0.1, 0.15) is 5.69 Å². The SMILES string of the molecule is CN(C)C1CC(NC(=O)c2cnc(-c3ccccn3)nc2)C12CCC2. The van der Waals surface area contributed by atoms with E-state index in [0.29, 0.717) is 23.1 Å². The van der Waals surface area contributed by atoms with Gasteiger partial charge in [-0.15, -0.1) is 0 Å². The third-order valence-electron chi connectivity index (χ3n) is 5.84. The average Bonchev–Trinajstić information content (AvgIpc) is 2.57. The lowest BCUT2D eigenvalue weighted by Crippen LogP contribution is -2.70. The maximum atomic E-state index is 12.6. The Balaban J connectivity index is 1.44. The van der Waals surface area contributed by atoms with Crippen molar-refractivity contribution >= 4 is 5.91 Å². The van der Waals surface area contributed by atoms with Crippen molar-refractivity contribution in [3.05, 3.63) is 42.4 Å².